The van der Waals surface area contributed by atoms with Crippen molar-refractivity contribution in [3.63, 3.8) is 0 Å². The summed E-state index contributed by atoms with van der Waals surface area (Å²) in [5.74, 6) is -1.46. The molecule has 182 valence electrons. The van der Waals surface area contributed by atoms with Crippen molar-refractivity contribution in [1.82, 2.24) is 0 Å². The van der Waals surface area contributed by atoms with Crippen molar-refractivity contribution in [3.8, 4) is 0 Å². The molecule has 2 unspecified atom stereocenters. The van der Waals surface area contributed by atoms with Crippen LogP contribution in [-0.2, 0) is 33.2 Å². The van der Waals surface area contributed by atoms with Gasteiger partial charge in [-0.1, -0.05) is 0 Å². The molecule has 8 nitrogen and oxygen atoms in total. The minimum atomic E-state index is -4.06. The molecule has 0 spiro atoms. The minimum absolute atomic E-state index is 0.137. The van der Waals surface area contributed by atoms with Crippen LogP contribution in [0.15, 0.2) is 0 Å². The molecule has 5 rings (SSSR count). The number of rotatable bonds is 9. The molecule has 5 aliphatic rings. The van der Waals surface area contributed by atoms with Crippen molar-refractivity contribution in [1.29, 1.82) is 0 Å². The molecule has 0 aromatic carbocycles. The number of carbonyl (C=O) groups is 2. The van der Waals surface area contributed by atoms with Gasteiger partial charge in [-0.25, -0.2) is 4.79 Å². The van der Waals surface area contributed by atoms with Gasteiger partial charge in [0.1, 0.15) is 17.6 Å². The van der Waals surface area contributed by atoms with E-state index in [-0.39, 0.29) is 24.6 Å². The van der Waals surface area contributed by atoms with Gasteiger partial charge < -0.3 is 19.5 Å². The number of hydrogen-bond donors (Lipinski definition) is 0. The number of halogens is 2. The quantitative estimate of drug-likeness (QED) is 0.214. The minimum Gasteiger partial charge on any atom is -0.691 e. The van der Waals surface area contributed by atoms with E-state index < -0.39 is 34.3 Å². The van der Waals surface area contributed by atoms with Crippen molar-refractivity contribution in [2.45, 2.75) is 81.2 Å². The Labute approximate surface area is 189 Å². The Morgan fingerprint density at radius 3 is 2.34 bits per heavy atom. The van der Waals surface area contributed by atoms with E-state index in [0.717, 1.165) is 57.8 Å². The predicted molar refractivity (Wildman–Crippen MR) is 104 cm³/mol. The molecule has 0 aromatic heterocycles. The monoisotopic (exact) mass is 479 g/mol. The Balaban J connectivity index is 1.38. The van der Waals surface area contributed by atoms with E-state index in [9.17, 15) is 23.6 Å². The Hall–Kier alpha value is -1.01. The summed E-state index contributed by atoms with van der Waals surface area (Å²) >= 11 is -0.692. The van der Waals surface area contributed by atoms with Crippen LogP contribution in [0.25, 0.3) is 0 Å². The summed E-state index contributed by atoms with van der Waals surface area (Å²) in [6, 6.07) is 0. The fourth-order valence-electron chi connectivity index (χ4n) is 6.88. The molecule has 0 aromatic rings. The maximum Gasteiger partial charge on any atom is 0.415 e. The van der Waals surface area contributed by atoms with Crippen LogP contribution < -0.4 is 5.26 Å². The highest BCUT2D eigenvalue weighted by atomic mass is 32.2. The number of hydrogen-bond acceptors (Lipinski definition) is 9. The number of alkyl halides is 2. The third kappa shape index (κ3) is 5.06. The van der Waals surface area contributed by atoms with Crippen LogP contribution in [-0.4, -0.2) is 42.6 Å². The van der Waals surface area contributed by atoms with Gasteiger partial charge in [0, 0.05) is 12.5 Å². The van der Waals surface area contributed by atoms with Gasteiger partial charge >= 0.3 is 17.2 Å². The average molecular weight is 480 g/mol. The van der Waals surface area contributed by atoms with Gasteiger partial charge in [0.05, 0.1) is 18.6 Å². The zero-order valence-corrected chi connectivity index (χ0v) is 18.8. The van der Waals surface area contributed by atoms with E-state index in [1.54, 1.807) is 7.11 Å². The molecular weight excluding hydrogens is 450 g/mol. The Kier molecular flexibility index (Phi) is 7.03. The molecule has 11 heteroatoms. The van der Waals surface area contributed by atoms with Crippen molar-refractivity contribution >= 4 is 24.0 Å². The first-order valence-electron chi connectivity index (χ1n) is 11.1. The van der Waals surface area contributed by atoms with Crippen LogP contribution in [0.3, 0.4) is 0 Å². The van der Waals surface area contributed by atoms with Crippen molar-refractivity contribution in [2.75, 3.05) is 13.7 Å². The molecule has 4 bridgehead atoms. The van der Waals surface area contributed by atoms with E-state index in [2.05, 4.69) is 9.37 Å². The molecule has 0 saturated heterocycles. The van der Waals surface area contributed by atoms with Gasteiger partial charge in [-0.05, 0) is 76.0 Å². The highest BCUT2D eigenvalue weighted by molar-refractivity contribution is 7.96. The van der Waals surface area contributed by atoms with Gasteiger partial charge in [0.2, 0.25) is 0 Å². The maximum atomic E-state index is 13.7. The van der Waals surface area contributed by atoms with E-state index >= 15 is 0 Å². The molecule has 0 aliphatic heterocycles. The molecule has 5 fully saturated rings. The van der Waals surface area contributed by atoms with Gasteiger partial charge in [-0.15, -0.1) is 0 Å². The summed E-state index contributed by atoms with van der Waals surface area (Å²) in [4.78, 5) is 24.8. The van der Waals surface area contributed by atoms with Crippen LogP contribution >= 0.6 is 12.0 Å². The third-order valence-electron chi connectivity index (χ3n) is 7.70. The molecule has 0 heterocycles. The maximum absolute atomic E-state index is 13.7. The van der Waals surface area contributed by atoms with Crippen LogP contribution in [0, 0.1) is 23.2 Å². The Morgan fingerprint density at radius 2 is 1.75 bits per heavy atom. The first-order valence-corrected chi connectivity index (χ1v) is 11.9. The molecular formula is C21H29F2O8S-. The summed E-state index contributed by atoms with van der Waals surface area (Å²) in [6.45, 7) is -0.175. The fraction of sp³-hybridized carbons (Fsp3) is 0.905. The van der Waals surface area contributed by atoms with E-state index in [1.807, 2.05) is 0 Å². The van der Waals surface area contributed by atoms with E-state index in [0.29, 0.717) is 18.3 Å². The van der Waals surface area contributed by atoms with Crippen LogP contribution in [0.1, 0.15) is 64.2 Å². The Morgan fingerprint density at radius 1 is 1.09 bits per heavy atom. The summed E-state index contributed by atoms with van der Waals surface area (Å²) in [5.41, 5.74) is -1.09. The second-order valence-corrected chi connectivity index (χ2v) is 10.9. The molecule has 0 radical (unpaired) electrons. The zero-order valence-electron chi connectivity index (χ0n) is 18.0. The molecule has 32 heavy (non-hydrogen) atoms. The molecule has 5 saturated carbocycles. The molecule has 0 amide bonds. The number of esters is 2. The lowest BCUT2D eigenvalue weighted by atomic mass is 9.48. The lowest BCUT2D eigenvalue weighted by Gasteiger charge is -2.61. The Bertz CT molecular complexity index is 698. The summed E-state index contributed by atoms with van der Waals surface area (Å²) in [6.07, 6.45) is 7.95. The zero-order chi connectivity index (χ0) is 23.0. The number of ether oxygens (including phenoxy) is 3. The largest absolute Gasteiger partial charge is 0.691 e. The smallest absolute Gasteiger partial charge is 0.415 e. The van der Waals surface area contributed by atoms with Crippen LogP contribution in [0.2, 0.25) is 0 Å². The van der Waals surface area contributed by atoms with Crippen molar-refractivity contribution in [3.05, 3.63) is 0 Å². The fourth-order valence-corrected chi connectivity index (χ4v) is 7.12. The van der Waals surface area contributed by atoms with Gasteiger partial charge in [-0.2, -0.15) is 13.1 Å². The van der Waals surface area contributed by atoms with Gasteiger partial charge in [0.25, 0.3) is 0 Å². The first-order chi connectivity index (χ1) is 15.2. The van der Waals surface area contributed by atoms with Crippen LogP contribution in [0.5, 0.6) is 0 Å². The standard InChI is InChI=1S/C21H30F2O8S/c1-27-16-4-2-15(3-5-16)17(24)29-20-9-13-6-14(10-20)8-19(7-13,11-20)12-28-18(25)21(22,23)32-31-30-26/h13-16,26H,2-12H2,1H3/p-1. The molecule has 5 aliphatic carbocycles. The third-order valence-corrected chi connectivity index (χ3v) is 8.20. The highest BCUT2D eigenvalue weighted by Gasteiger charge is 2.60. The summed E-state index contributed by atoms with van der Waals surface area (Å²) in [5, 5.41) is 8.61. The van der Waals surface area contributed by atoms with Crippen molar-refractivity contribution < 1.29 is 47.2 Å². The lowest BCUT2D eigenvalue weighted by Crippen LogP contribution is -2.59. The summed E-state index contributed by atoms with van der Waals surface area (Å²) in [7, 11) is 1.68. The first kappa shape index (κ1) is 24.1. The lowest BCUT2D eigenvalue weighted by molar-refractivity contribution is -0.777. The second-order valence-electron chi connectivity index (χ2n) is 10.1. The molecule has 2 atom stereocenters. The number of methoxy groups -OCH3 is 1. The van der Waals surface area contributed by atoms with E-state index in [4.69, 9.17) is 14.2 Å². The predicted octanol–water partition coefficient (Wildman–Crippen LogP) is 3.08. The topological polar surface area (TPSA) is 103 Å². The molecule has 0 N–H and O–H groups in total. The van der Waals surface area contributed by atoms with Gasteiger partial charge in [-0.3, -0.25) is 9.83 Å². The van der Waals surface area contributed by atoms with Crippen LogP contribution in [0.4, 0.5) is 8.78 Å². The second kappa shape index (κ2) is 9.32. The number of carbonyl (C=O) groups excluding carboxylic acids is 2. The summed E-state index contributed by atoms with van der Waals surface area (Å²) < 4.78 is 47.6. The normalized spacial score (nSPS) is 38.5. The van der Waals surface area contributed by atoms with Crippen molar-refractivity contribution in [2.24, 2.45) is 23.2 Å². The highest BCUT2D eigenvalue weighted by Crippen LogP contribution is 2.63. The SMILES string of the molecule is COC1CCC(C(=O)OC23CC4CC(CC(COC(=O)C(F)(F)SOO[O-])(C4)C2)C3)CC1. The average Bonchev–Trinajstić information content (AvgIpc) is 2.75. The van der Waals surface area contributed by atoms with Gasteiger partial charge in [0.15, 0.2) is 0 Å². The van der Waals surface area contributed by atoms with E-state index in [1.165, 1.54) is 0 Å².